The van der Waals surface area contributed by atoms with Gasteiger partial charge in [-0.25, -0.2) is 4.98 Å². The van der Waals surface area contributed by atoms with Crippen LogP contribution in [0.15, 0.2) is 12.5 Å². The fraction of sp³-hybridized carbons (Fsp3) is 0.714. The summed E-state index contributed by atoms with van der Waals surface area (Å²) in [6.45, 7) is 5.70. The van der Waals surface area contributed by atoms with Gasteiger partial charge in [-0.2, -0.15) is 0 Å². The minimum atomic E-state index is -0.0654. The summed E-state index contributed by atoms with van der Waals surface area (Å²) in [5.41, 5.74) is 5.96. The summed E-state index contributed by atoms with van der Waals surface area (Å²) in [4.78, 5) is 16.3. The molecule has 1 aliphatic carbocycles. The number of aromatic nitrogens is 2. The molecule has 1 aromatic rings. The van der Waals surface area contributed by atoms with Gasteiger partial charge in [0.1, 0.15) is 5.69 Å². The first-order chi connectivity index (χ1) is 9.15. The quantitative estimate of drug-likeness (QED) is 0.844. The number of amides is 1. The number of nitrogens with one attached hydrogen (secondary N) is 1. The van der Waals surface area contributed by atoms with Crippen molar-refractivity contribution in [2.75, 3.05) is 6.54 Å². The van der Waals surface area contributed by atoms with Crippen molar-refractivity contribution in [2.45, 2.75) is 45.7 Å². The highest BCUT2D eigenvalue weighted by atomic mass is 16.2. The van der Waals surface area contributed by atoms with Crippen LogP contribution < -0.4 is 11.1 Å². The minimum absolute atomic E-state index is 0.0654. The monoisotopic (exact) mass is 264 g/mol. The van der Waals surface area contributed by atoms with E-state index in [0.717, 1.165) is 12.3 Å². The Kier molecular flexibility index (Phi) is 4.58. The van der Waals surface area contributed by atoms with Gasteiger partial charge in [-0.1, -0.05) is 20.3 Å². The van der Waals surface area contributed by atoms with Crippen LogP contribution in [-0.2, 0) is 6.54 Å². The molecule has 1 aromatic heterocycles. The second-order valence-corrected chi connectivity index (χ2v) is 5.47. The lowest BCUT2D eigenvalue weighted by Crippen LogP contribution is -2.37. The molecule has 5 nitrogen and oxygen atoms in total. The molecule has 1 saturated carbocycles. The molecule has 0 spiro atoms. The second-order valence-electron chi connectivity index (χ2n) is 5.47. The molecule has 1 heterocycles. The number of nitrogens with zero attached hydrogens (tertiary/aromatic N) is 2. The number of imidazole rings is 1. The maximum absolute atomic E-state index is 12.1. The number of carbonyl (C=O) groups excluding carboxylic acids is 1. The van der Waals surface area contributed by atoms with Gasteiger partial charge in [0.25, 0.3) is 5.91 Å². The zero-order chi connectivity index (χ0) is 13.8. The Morgan fingerprint density at radius 1 is 1.58 bits per heavy atom. The third-order valence-corrected chi connectivity index (χ3v) is 4.32. The predicted molar refractivity (Wildman–Crippen MR) is 74.7 cm³/mol. The van der Waals surface area contributed by atoms with E-state index in [0.29, 0.717) is 24.7 Å². The number of hydrogen-bond donors (Lipinski definition) is 2. The summed E-state index contributed by atoms with van der Waals surface area (Å²) in [5, 5.41) is 3.12. The van der Waals surface area contributed by atoms with E-state index in [9.17, 15) is 4.79 Å². The Balaban J connectivity index is 1.93. The van der Waals surface area contributed by atoms with Crippen molar-refractivity contribution < 1.29 is 4.79 Å². The first kappa shape index (κ1) is 14.1. The lowest BCUT2D eigenvalue weighted by molar-refractivity contribution is 0.0922. The fourth-order valence-corrected chi connectivity index (χ4v) is 3.02. The maximum Gasteiger partial charge on any atom is 0.271 e. The fourth-order valence-electron chi connectivity index (χ4n) is 3.02. The number of hydrogen-bond acceptors (Lipinski definition) is 3. The highest BCUT2D eigenvalue weighted by Crippen LogP contribution is 2.33. The molecule has 1 fully saturated rings. The molecule has 0 bridgehead atoms. The van der Waals surface area contributed by atoms with E-state index in [1.54, 1.807) is 12.5 Å². The number of nitrogens with two attached hydrogens (primary N) is 1. The molecule has 1 aliphatic rings. The molecule has 0 aromatic carbocycles. The Hall–Kier alpha value is -1.36. The molecule has 3 unspecified atom stereocenters. The molecular formula is C14H24N4O. The van der Waals surface area contributed by atoms with Crippen molar-refractivity contribution in [2.24, 2.45) is 17.6 Å². The van der Waals surface area contributed by atoms with Gasteiger partial charge in [-0.15, -0.1) is 0 Å². The average Bonchev–Trinajstić information content (AvgIpc) is 2.98. The van der Waals surface area contributed by atoms with Crippen molar-refractivity contribution in [3.63, 3.8) is 0 Å². The van der Waals surface area contributed by atoms with Crippen LogP contribution in [0.3, 0.4) is 0 Å². The van der Waals surface area contributed by atoms with E-state index in [4.69, 9.17) is 5.73 Å². The topological polar surface area (TPSA) is 72.9 Å². The Morgan fingerprint density at radius 2 is 2.37 bits per heavy atom. The molecule has 106 valence electrons. The maximum atomic E-state index is 12.1. The van der Waals surface area contributed by atoms with Crippen LogP contribution in [0, 0.1) is 11.8 Å². The molecule has 5 heteroatoms. The lowest BCUT2D eigenvalue weighted by Gasteiger charge is -2.20. The first-order valence-electron chi connectivity index (χ1n) is 7.18. The van der Waals surface area contributed by atoms with E-state index >= 15 is 0 Å². The smallest absolute Gasteiger partial charge is 0.271 e. The van der Waals surface area contributed by atoms with Gasteiger partial charge in [0.15, 0.2) is 0 Å². The van der Waals surface area contributed by atoms with Gasteiger partial charge >= 0.3 is 0 Å². The molecule has 3 N–H and O–H groups in total. The Bertz CT molecular complexity index is 429. The lowest BCUT2D eigenvalue weighted by atomic mass is 9.93. The normalized spacial score (nSPS) is 26.6. The SMILES string of the molecule is CCC1CCC(NC(=O)c2cn(CCN)cn2)C1C. The predicted octanol–water partition coefficient (Wildman–Crippen LogP) is 1.40. The number of carbonyl (C=O) groups is 1. The zero-order valence-electron chi connectivity index (χ0n) is 11.8. The Labute approximate surface area is 114 Å². The molecule has 0 saturated heterocycles. The van der Waals surface area contributed by atoms with Crippen LogP contribution in [0.1, 0.15) is 43.6 Å². The summed E-state index contributed by atoms with van der Waals surface area (Å²) in [5.74, 6) is 1.23. The molecule has 19 heavy (non-hydrogen) atoms. The van der Waals surface area contributed by atoms with Crippen LogP contribution in [0.5, 0.6) is 0 Å². The van der Waals surface area contributed by atoms with Crippen molar-refractivity contribution in [3.8, 4) is 0 Å². The van der Waals surface area contributed by atoms with Gasteiger partial charge in [0.2, 0.25) is 0 Å². The van der Waals surface area contributed by atoms with E-state index in [2.05, 4.69) is 24.1 Å². The highest BCUT2D eigenvalue weighted by molar-refractivity contribution is 5.92. The van der Waals surface area contributed by atoms with Gasteiger partial charge in [-0.05, 0) is 24.7 Å². The van der Waals surface area contributed by atoms with Gasteiger partial charge in [0.05, 0.1) is 6.33 Å². The molecule has 0 aliphatic heterocycles. The summed E-state index contributed by atoms with van der Waals surface area (Å²) < 4.78 is 1.85. The van der Waals surface area contributed by atoms with Crippen LogP contribution in [0.4, 0.5) is 0 Å². The van der Waals surface area contributed by atoms with Crippen molar-refractivity contribution in [1.82, 2.24) is 14.9 Å². The summed E-state index contributed by atoms with van der Waals surface area (Å²) in [7, 11) is 0. The van der Waals surface area contributed by atoms with E-state index in [1.807, 2.05) is 4.57 Å². The van der Waals surface area contributed by atoms with Crippen molar-refractivity contribution >= 4 is 5.91 Å². The standard InChI is InChI=1S/C14H24N4O/c1-3-11-4-5-12(10(11)2)17-14(19)13-8-18(7-6-15)9-16-13/h8-12H,3-7,15H2,1-2H3,(H,17,19). The summed E-state index contributed by atoms with van der Waals surface area (Å²) in [6.07, 6.45) is 6.91. The van der Waals surface area contributed by atoms with Gasteiger partial charge in [-0.3, -0.25) is 4.79 Å². The number of rotatable bonds is 5. The summed E-state index contributed by atoms with van der Waals surface area (Å²) in [6, 6.07) is 0.289. The molecule has 1 amide bonds. The van der Waals surface area contributed by atoms with Crippen molar-refractivity contribution in [1.29, 1.82) is 0 Å². The van der Waals surface area contributed by atoms with E-state index in [-0.39, 0.29) is 11.9 Å². The third kappa shape index (κ3) is 3.15. The average molecular weight is 264 g/mol. The summed E-state index contributed by atoms with van der Waals surface area (Å²) >= 11 is 0. The first-order valence-corrected chi connectivity index (χ1v) is 7.18. The van der Waals surface area contributed by atoms with Crippen LogP contribution >= 0.6 is 0 Å². The van der Waals surface area contributed by atoms with Crippen LogP contribution in [0.2, 0.25) is 0 Å². The highest BCUT2D eigenvalue weighted by Gasteiger charge is 2.32. The van der Waals surface area contributed by atoms with Gasteiger partial charge in [0, 0.05) is 25.3 Å². The molecular weight excluding hydrogens is 240 g/mol. The van der Waals surface area contributed by atoms with E-state index < -0.39 is 0 Å². The largest absolute Gasteiger partial charge is 0.348 e. The minimum Gasteiger partial charge on any atom is -0.348 e. The van der Waals surface area contributed by atoms with E-state index in [1.165, 1.54) is 12.8 Å². The van der Waals surface area contributed by atoms with Gasteiger partial charge < -0.3 is 15.6 Å². The van der Waals surface area contributed by atoms with Crippen molar-refractivity contribution in [3.05, 3.63) is 18.2 Å². The zero-order valence-corrected chi connectivity index (χ0v) is 11.8. The van der Waals surface area contributed by atoms with Crippen LogP contribution in [0.25, 0.3) is 0 Å². The Morgan fingerprint density at radius 3 is 3.00 bits per heavy atom. The molecule has 2 rings (SSSR count). The second kappa shape index (κ2) is 6.19. The van der Waals surface area contributed by atoms with Crippen LogP contribution in [-0.4, -0.2) is 28.0 Å². The third-order valence-electron chi connectivity index (χ3n) is 4.32. The molecule has 3 atom stereocenters. The molecule has 0 radical (unpaired) electrons.